The molecule has 90 valence electrons. The summed E-state index contributed by atoms with van der Waals surface area (Å²) in [5.74, 6) is -0.427. The number of hydrogen-bond acceptors (Lipinski definition) is 5. The van der Waals surface area contributed by atoms with E-state index < -0.39 is 5.97 Å². The molecule has 0 aliphatic rings. The Labute approximate surface area is 101 Å². The molecule has 1 N–H and O–H groups in total. The zero-order valence-electron chi connectivity index (χ0n) is 9.15. The molecular formula is C11H8N4O3. The molecule has 0 fully saturated rings. The number of hydrogen-bond donors (Lipinski definition) is 1. The van der Waals surface area contributed by atoms with Gasteiger partial charge in [0, 0.05) is 6.07 Å². The van der Waals surface area contributed by atoms with Crippen LogP contribution in [-0.2, 0) is 6.54 Å². The molecule has 0 saturated carbocycles. The van der Waals surface area contributed by atoms with Crippen molar-refractivity contribution >= 4 is 17.0 Å². The Morgan fingerprint density at radius 2 is 2.28 bits per heavy atom. The van der Waals surface area contributed by atoms with Crippen molar-refractivity contribution in [2.75, 3.05) is 0 Å². The number of carboxylic acids is 1. The van der Waals surface area contributed by atoms with Crippen molar-refractivity contribution in [1.29, 1.82) is 0 Å². The second-order valence-corrected chi connectivity index (χ2v) is 3.70. The van der Waals surface area contributed by atoms with Gasteiger partial charge in [0.1, 0.15) is 17.6 Å². The smallest absolute Gasteiger partial charge is 0.337 e. The van der Waals surface area contributed by atoms with E-state index >= 15 is 0 Å². The molecule has 18 heavy (non-hydrogen) atoms. The standard InChI is InChI=1S/C11H8N4O3/c16-11(17)8-2-1-3-9-10(8)15(14-13-9)6-7-4-5-12-18-7/h1-5H,6H2,(H,16,17). The van der Waals surface area contributed by atoms with E-state index in [4.69, 9.17) is 9.63 Å². The predicted octanol–water partition coefficient (Wildman–Crippen LogP) is 1.17. The highest BCUT2D eigenvalue weighted by Gasteiger charge is 2.15. The molecule has 7 nitrogen and oxygen atoms in total. The number of carboxylic acid groups (broad SMARTS) is 1. The highest BCUT2D eigenvalue weighted by Crippen LogP contribution is 2.17. The van der Waals surface area contributed by atoms with Crippen molar-refractivity contribution in [2.24, 2.45) is 0 Å². The van der Waals surface area contributed by atoms with Crippen molar-refractivity contribution in [3.8, 4) is 0 Å². The molecule has 0 amide bonds. The lowest BCUT2D eigenvalue weighted by Crippen LogP contribution is -2.05. The summed E-state index contributed by atoms with van der Waals surface area (Å²) in [7, 11) is 0. The van der Waals surface area contributed by atoms with Gasteiger partial charge in [0.05, 0.1) is 11.8 Å². The third-order valence-electron chi connectivity index (χ3n) is 2.56. The van der Waals surface area contributed by atoms with Crippen molar-refractivity contribution in [1.82, 2.24) is 20.2 Å². The van der Waals surface area contributed by atoms with Crippen LogP contribution in [0.4, 0.5) is 0 Å². The van der Waals surface area contributed by atoms with Gasteiger partial charge in [-0.25, -0.2) is 9.48 Å². The van der Waals surface area contributed by atoms with Crippen molar-refractivity contribution in [3.63, 3.8) is 0 Å². The quantitative estimate of drug-likeness (QED) is 0.743. The summed E-state index contributed by atoms with van der Waals surface area (Å²) in [5.41, 5.74) is 1.17. The van der Waals surface area contributed by atoms with E-state index in [2.05, 4.69) is 15.5 Å². The molecule has 3 rings (SSSR count). The molecule has 0 bridgehead atoms. The first kappa shape index (κ1) is 10.5. The molecular weight excluding hydrogens is 236 g/mol. The van der Waals surface area contributed by atoms with Crippen LogP contribution in [0, 0.1) is 0 Å². The van der Waals surface area contributed by atoms with Gasteiger partial charge in [-0.3, -0.25) is 0 Å². The largest absolute Gasteiger partial charge is 0.478 e. The van der Waals surface area contributed by atoms with Gasteiger partial charge in [-0.15, -0.1) is 5.10 Å². The third-order valence-corrected chi connectivity index (χ3v) is 2.56. The maximum Gasteiger partial charge on any atom is 0.337 e. The Balaban J connectivity index is 2.15. The first-order valence-corrected chi connectivity index (χ1v) is 5.21. The first-order chi connectivity index (χ1) is 8.75. The first-order valence-electron chi connectivity index (χ1n) is 5.21. The molecule has 0 spiro atoms. The third kappa shape index (κ3) is 1.61. The molecule has 0 saturated heterocycles. The summed E-state index contributed by atoms with van der Waals surface area (Å²) < 4.78 is 6.46. The number of nitrogens with zero attached hydrogens (tertiary/aromatic N) is 4. The van der Waals surface area contributed by atoms with Crippen LogP contribution in [-0.4, -0.2) is 31.2 Å². The van der Waals surface area contributed by atoms with E-state index in [-0.39, 0.29) is 5.56 Å². The topological polar surface area (TPSA) is 94.0 Å². The minimum atomic E-state index is -1.01. The maximum atomic E-state index is 11.2. The van der Waals surface area contributed by atoms with Gasteiger partial charge in [-0.2, -0.15) is 0 Å². The molecule has 0 unspecified atom stereocenters. The molecule has 0 atom stereocenters. The minimum Gasteiger partial charge on any atom is -0.478 e. The Hall–Kier alpha value is -2.70. The fourth-order valence-corrected chi connectivity index (χ4v) is 1.78. The van der Waals surface area contributed by atoms with Crippen LogP contribution < -0.4 is 0 Å². The van der Waals surface area contributed by atoms with E-state index in [0.717, 1.165) is 0 Å². The zero-order valence-corrected chi connectivity index (χ0v) is 9.15. The van der Waals surface area contributed by atoms with Gasteiger partial charge < -0.3 is 9.63 Å². The van der Waals surface area contributed by atoms with Gasteiger partial charge in [-0.1, -0.05) is 16.4 Å². The van der Waals surface area contributed by atoms with E-state index in [1.807, 2.05) is 0 Å². The minimum absolute atomic E-state index is 0.164. The van der Waals surface area contributed by atoms with Crippen LogP contribution in [0.25, 0.3) is 11.0 Å². The SMILES string of the molecule is O=C(O)c1cccc2nnn(Cc3ccno3)c12. The van der Waals surface area contributed by atoms with Crippen molar-refractivity contribution in [2.45, 2.75) is 6.54 Å². The molecule has 7 heteroatoms. The number of aromatic nitrogens is 4. The molecule has 1 aromatic carbocycles. The van der Waals surface area contributed by atoms with Crippen LogP contribution in [0.15, 0.2) is 35.0 Å². The van der Waals surface area contributed by atoms with Gasteiger partial charge in [-0.05, 0) is 12.1 Å². The monoisotopic (exact) mass is 244 g/mol. The fourth-order valence-electron chi connectivity index (χ4n) is 1.78. The highest BCUT2D eigenvalue weighted by atomic mass is 16.5. The summed E-state index contributed by atoms with van der Waals surface area (Å²) in [6, 6.07) is 6.56. The lowest BCUT2D eigenvalue weighted by molar-refractivity contribution is 0.0698. The zero-order chi connectivity index (χ0) is 12.5. The predicted molar refractivity (Wildman–Crippen MR) is 60.1 cm³/mol. The summed E-state index contributed by atoms with van der Waals surface area (Å²) in [6.07, 6.45) is 1.52. The van der Waals surface area contributed by atoms with E-state index in [9.17, 15) is 4.79 Å². The number of benzene rings is 1. The number of carbonyl (C=O) groups is 1. The number of fused-ring (bicyclic) bond motifs is 1. The Bertz CT molecular complexity index is 702. The lowest BCUT2D eigenvalue weighted by Gasteiger charge is -2.01. The Morgan fingerprint density at radius 1 is 1.39 bits per heavy atom. The molecule has 2 aromatic heterocycles. The summed E-state index contributed by atoms with van der Waals surface area (Å²) in [6.45, 7) is 0.292. The summed E-state index contributed by atoms with van der Waals surface area (Å²) >= 11 is 0. The number of aromatic carboxylic acids is 1. The Morgan fingerprint density at radius 3 is 3.00 bits per heavy atom. The molecule has 3 aromatic rings. The highest BCUT2D eigenvalue weighted by molar-refractivity contribution is 6.00. The average Bonchev–Trinajstić information content (AvgIpc) is 2.99. The molecule has 0 aliphatic heterocycles. The maximum absolute atomic E-state index is 11.2. The second kappa shape index (κ2) is 3.95. The van der Waals surface area contributed by atoms with Gasteiger partial charge in [0.15, 0.2) is 5.76 Å². The van der Waals surface area contributed by atoms with Gasteiger partial charge >= 0.3 is 5.97 Å². The van der Waals surface area contributed by atoms with Crippen LogP contribution in [0.2, 0.25) is 0 Å². The van der Waals surface area contributed by atoms with Crippen LogP contribution in [0.1, 0.15) is 16.1 Å². The van der Waals surface area contributed by atoms with Gasteiger partial charge in [0.25, 0.3) is 0 Å². The van der Waals surface area contributed by atoms with E-state index in [0.29, 0.717) is 23.3 Å². The summed E-state index contributed by atoms with van der Waals surface area (Å²) in [4.78, 5) is 11.2. The number of rotatable bonds is 3. The molecule has 2 heterocycles. The normalized spacial score (nSPS) is 10.9. The second-order valence-electron chi connectivity index (χ2n) is 3.70. The number of para-hydroxylation sites is 1. The van der Waals surface area contributed by atoms with Crippen LogP contribution >= 0.6 is 0 Å². The van der Waals surface area contributed by atoms with Crippen molar-refractivity contribution < 1.29 is 14.4 Å². The van der Waals surface area contributed by atoms with E-state index in [1.165, 1.54) is 16.9 Å². The van der Waals surface area contributed by atoms with E-state index in [1.54, 1.807) is 18.2 Å². The molecule has 0 radical (unpaired) electrons. The van der Waals surface area contributed by atoms with Crippen LogP contribution in [0.3, 0.4) is 0 Å². The lowest BCUT2D eigenvalue weighted by atomic mass is 10.2. The molecule has 0 aliphatic carbocycles. The Kier molecular flexibility index (Phi) is 2.30. The fraction of sp³-hybridized carbons (Fsp3) is 0.0909. The van der Waals surface area contributed by atoms with Crippen LogP contribution in [0.5, 0.6) is 0 Å². The average molecular weight is 244 g/mol. The summed E-state index contributed by atoms with van der Waals surface area (Å²) in [5, 5.41) is 20.6. The van der Waals surface area contributed by atoms with Crippen molar-refractivity contribution in [3.05, 3.63) is 41.8 Å². The van der Waals surface area contributed by atoms with Gasteiger partial charge in [0.2, 0.25) is 0 Å².